The van der Waals surface area contributed by atoms with Gasteiger partial charge in [0.1, 0.15) is 5.75 Å². The second-order valence-electron chi connectivity index (χ2n) is 7.30. The fourth-order valence-electron chi connectivity index (χ4n) is 3.72. The van der Waals surface area contributed by atoms with Crippen molar-refractivity contribution in [3.05, 3.63) is 66.5 Å². The molecule has 0 spiro atoms. The number of para-hydroxylation sites is 1. The van der Waals surface area contributed by atoms with Crippen LogP contribution in [0, 0.1) is 5.92 Å². The second kappa shape index (κ2) is 9.35. The number of ether oxygens (including phenoxy) is 1. The number of rotatable bonds is 6. The third-order valence-electron chi connectivity index (χ3n) is 5.32. The molecule has 0 saturated carbocycles. The quantitative estimate of drug-likeness (QED) is 0.681. The van der Waals surface area contributed by atoms with Crippen LogP contribution in [0.25, 0.3) is 11.3 Å². The molecule has 1 fully saturated rings. The maximum atomic E-state index is 12.6. The molecule has 30 heavy (non-hydrogen) atoms. The topological polar surface area (TPSA) is 80.2 Å². The smallest absolute Gasteiger partial charge is 0.225 e. The van der Waals surface area contributed by atoms with Gasteiger partial charge in [-0.05, 0) is 49.2 Å². The maximum absolute atomic E-state index is 12.6. The molecule has 0 radical (unpaired) electrons. The van der Waals surface area contributed by atoms with Crippen molar-refractivity contribution >= 4 is 11.7 Å². The van der Waals surface area contributed by atoms with E-state index in [9.17, 15) is 4.79 Å². The third kappa shape index (κ3) is 4.56. The Morgan fingerprint density at radius 2 is 2.00 bits per heavy atom. The number of carbonyl (C=O) groups is 1. The first-order chi connectivity index (χ1) is 14.7. The van der Waals surface area contributed by atoms with E-state index in [1.54, 1.807) is 13.3 Å². The van der Waals surface area contributed by atoms with Gasteiger partial charge in [-0.1, -0.05) is 18.2 Å². The molecule has 1 aliphatic heterocycles. The zero-order chi connectivity index (χ0) is 20.8. The van der Waals surface area contributed by atoms with Crippen LogP contribution in [-0.4, -0.2) is 41.3 Å². The highest BCUT2D eigenvalue weighted by Gasteiger charge is 2.26. The molecule has 0 bridgehead atoms. The van der Waals surface area contributed by atoms with E-state index in [1.165, 1.54) is 0 Å². The number of methoxy groups -OCH3 is 1. The van der Waals surface area contributed by atoms with Gasteiger partial charge in [0.05, 0.1) is 31.0 Å². The van der Waals surface area contributed by atoms with E-state index in [1.807, 2.05) is 54.6 Å². The SMILES string of the molecule is COc1ccccc1-c1ccc(N2CCCC(C(=O)NCc3ccccn3)C2)nn1. The van der Waals surface area contributed by atoms with E-state index >= 15 is 0 Å². The lowest BCUT2D eigenvalue weighted by molar-refractivity contribution is -0.125. The molecule has 1 aliphatic rings. The molecule has 1 N–H and O–H groups in total. The lowest BCUT2D eigenvalue weighted by Gasteiger charge is -2.32. The molecule has 1 aromatic carbocycles. The van der Waals surface area contributed by atoms with Crippen LogP contribution in [0.15, 0.2) is 60.8 Å². The number of carbonyl (C=O) groups excluding carboxylic acids is 1. The Morgan fingerprint density at radius 3 is 2.77 bits per heavy atom. The van der Waals surface area contributed by atoms with E-state index in [-0.39, 0.29) is 11.8 Å². The van der Waals surface area contributed by atoms with Gasteiger partial charge in [0.15, 0.2) is 5.82 Å². The highest BCUT2D eigenvalue weighted by atomic mass is 16.5. The van der Waals surface area contributed by atoms with Crippen LogP contribution in [0.5, 0.6) is 5.75 Å². The molecule has 7 heteroatoms. The Balaban J connectivity index is 1.40. The zero-order valence-corrected chi connectivity index (χ0v) is 17.0. The van der Waals surface area contributed by atoms with E-state index in [2.05, 4.69) is 25.4 Å². The van der Waals surface area contributed by atoms with E-state index in [0.717, 1.165) is 47.9 Å². The summed E-state index contributed by atoms with van der Waals surface area (Å²) in [6, 6.07) is 17.4. The van der Waals surface area contributed by atoms with E-state index in [0.29, 0.717) is 13.1 Å². The minimum atomic E-state index is -0.0712. The van der Waals surface area contributed by atoms with Gasteiger partial charge in [-0.25, -0.2) is 0 Å². The molecule has 0 aliphatic carbocycles. The first-order valence-corrected chi connectivity index (χ1v) is 10.1. The van der Waals surface area contributed by atoms with Crippen LogP contribution < -0.4 is 15.0 Å². The number of amides is 1. The van der Waals surface area contributed by atoms with Crippen molar-refractivity contribution < 1.29 is 9.53 Å². The van der Waals surface area contributed by atoms with Gasteiger partial charge in [0.2, 0.25) is 5.91 Å². The molecule has 4 rings (SSSR count). The number of anilines is 1. The highest BCUT2D eigenvalue weighted by Crippen LogP contribution is 2.29. The van der Waals surface area contributed by atoms with Crippen LogP contribution in [0.3, 0.4) is 0 Å². The van der Waals surface area contributed by atoms with Gasteiger partial charge in [-0.2, -0.15) is 0 Å². The average molecular weight is 403 g/mol. The van der Waals surface area contributed by atoms with Crippen LogP contribution >= 0.6 is 0 Å². The summed E-state index contributed by atoms with van der Waals surface area (Å²) in [5.41, 5.74) is 2.53. The number of hydrogen-bond donors (Lipinski definition) is 1. The fourth-order valence-corrected chi connectivity index (χ4v) is 3.72. The number of nitrogens with zero attached hydrogens (tertiary/aromatic N) is 4. The Bertz CT molecular complexity index is 978. The molecule has 1 saturated heterocycles. The largest absolute Gasteiger partial charge is 0.496 e. The van der Waals surface area contributed by atoms with Gasteiger partial charge >= 0.3 is 0 Å². The van der Waals surface area contributed by atoms with Crippen LogP contribution in [0.1, 0.15) is 18.5 Å². The monoisotopic (exact) mass is 403 g/mol. The van der Waals surface area contributed by atoms with Crippen LogP contribution in [0.2, 0.25) is 0 Å². The molecular weight excluding hydrogens is 378 g/mol. The number of aromatic nitrogens is 3. The Labute approximate surface area is 176 Å². The third-order valence-corrected chi connectivity index (χ3v) is 5.32. The Hall–Kier alpha value is -3.48. The summed E-state index contributed by atoms with van der Waals surface area (Å²) in [6.45, 7) is 1.95. The van der Waals surface area contributed by atoms with Gasteiger partial charge in [-0.3, -0.25) is 9.78 Å². The fraction of sp³-hybridized carbons (Fsp3) is 0.304. The van der Waals surface area contributed by atoms with Crippen LogP contribution in [-0.2, 0) is 11.3 Å². The molecule has 154 valence electrons. The summed E-state index contributed by atoms with van der Waals surface area (Å²) in [5.74, 6) is 1.54. The van der Waals surface area contributed by atoms with Gasteiger partial charge in [0, 0.05) is 24.8 Å². The molecule has 1 amide bonds. The second-order valence-corrected chi connectivity index (χ2v) is 7.30. The molecule has 1 atom stereocenters. The Kier molecular flexibility index (Phi) is 6.17. The summed E-state index contributed by atoms with van der Waals surface area (Å²) < 4.78 is 5.41. The highest BCUT2D eigenvalue weighted by molar-refractivity contribution is 5.79. The molecule has 3 aromatic rings. The van der Waals surface area contributed by atoms with E-state index < -0.39 is 0 Å². The van der Waals surface area contributed by atoms with Crippen molar-refractivity contribution in [3.8, 4) is 17.0 Å². The van der Waals surface area contributed by atoms with Crippen molar-refractivity contribution in [2.24, 2.45) is 5.92 Å². The molecular formula is C23H25N5O2. The minimum Gasteiger partial charge on any atom is -0.496 e. The minimum absolute atomic E-state index is 0.0592. The summed E-state index contributed by atoms with van der Waals surface area (Å²) in [7, 11) is 1.65. The summed E-state index contributed by atoms with van der Waals surface area (Å²) >= 11 is 0. The number of nitrogens with one attached hydrogen (secondary N) is 1. The summed E-state index contributed by atoms with van der Waals surface area (Å²) in [4.78, 5) is 19.0. The predicted octanol–water partition coefficient (Wildman–Crippen LogP) is 3.08. The lowest BCUT2D eigenvalue weighted by Crippen LogP contribution is -2.43. The zero-order valence-electron chi connectivity index (χ0n) is 17.0. The average Bonchev–Trinajstić information content (AvgIpc) is 2.83. The first-order valence-electron chi connectivity index (χ1n) is 10.1. The first kappa shape index (κ1) is 19.8. The maximum Gasteiger partial charge on any atom is 0.225 e. The van der Waals surface area contributed by atoms with Gasteiger partial charge in [-0.15, -0.1) is 10.2 Å². The van der Waals surface area contributed by atoms with Crippen molar-refractivity contribution in [1.29, 1.82) is 0 Å². The van der Waals surface area contributed by atoms with Crippen molar-refractivity contribution in [3.63, 3.8) is 0 Å². The molecule has 7 nitrogen and oxygen atoms in total. The number of pyridine rings is 1. The summed E-state index contributed by atoms with van der Waals surface area (Å²) in [6.07, 6.45) is 3.55. The molecule has 3 heterocycles. The standard InChI is InChI=1S/C23H25N5O2/c1-30-21-10-3-2-9-19(21)20-11-12-22(27-26-20)28-14-6-7-17(16-28)23(29)25-15-18-8-4-5-13-24-18/h2-5,8-13,17H,6-7,14-16H2,1H3,(H,25,29). The normalized spacial score (nSPS) is 16.2. The number of benzene rings is 1. The molecule has 2 aromatic heterocycles. The number of piperidine rings is 1. The van der Waals surface area contributed by atoms with Crippen molar-refractivity contribution in [2.75, 3.05) is 25.1 Å². The van der Waals surface area contributed by atoms with Gasteiger partial charge < -0.3 is 15.0 Å². The summed E-state index contributed by atoms with van der Waals surface area (Å²) in [5, 5.41) is 11.8. The Morgan fingerprint density at radius 1 is 1.13 bits per heavy atom. The van der Waals surface area contributed by atoms with E-state index in [4.69, 9.17) is 4.74 Å². The van der Waals surface area contributed by atoms with Crippen LogP contribution in [0.4, 0.5) is 5.82 Å². The lowest BCUT2D eigenvalue weighted by atomic mass is 9.97. The number of hydrogen-bond acceptors (Lipinski definition) is 6. The van der Waals surface area contributed by atoms with Gasteiger partial charge in [0.25, 0.3) is 0 Å². The molecule has 1 unspecified atom stereocenters. The predicted molar refractivity (Wildman–Crippen MR) is 115 cm³/mol. The van der Waals surface area contributed by atoms with Crippen molar-refractivity contribution in [1.82, 2.24) is 20.5 Å². The van der Waals surface area contributed by atoms with Crippen molar-refractivity contribution in [2.45, 2.75) is 19.4 Å².